The summed E-state index contributed by atoms with van der Waals surface area (Å²) < 4.78 is 0. The molecule has 2 aromatic rings. The lowest BCUT2D eigenvalue weighted by atomic mass is 10.2. The Bertz CT molecular complexity index is 627. The van der Waals surface area contributed by atoms with E-state index in [4.69, 9.17) is 5.11 Å². The van der Waals surface area contributed by atoms with Crippen molar-refractivity contribution in [3.05, 3.63) is 52.0 Å². The maximum atomic E-state index is 11.8. The van der Waals surface area contributed by atoms with Gasteiger partial charge >= 0.3 is 12.0 Å². The largest absolute Gasteiger partial charge is 0.476 e. The van der Waals surface area contributed by atoms with E-state index in [1.54, 1.807) is 6.92 Å². The van der Waals surface area contributed by atoms with Crippen molar-refractivity contribution >= 4 is 23.3 Å². The normalized spacial score (nSPS) is 11.7. The number of carboxylic acid groups (broad SMARTS) is 1. The van der Waals surface area contributed by atoms with Crippen LogP contribution in [0, 0.1) is 0 Å². The maximum absolute atomic E-state index is 11.8. The Hall–Kier alpha value is -2.41. The van der Waals surface area contributed by atoms with Gasteiger partial charge in [0.15, 0.2) is 5.69 Å². The molecule has 0 aliphatic rings. The number of carbonyl (C=O) groups is 2. The van der Waals surface area contributed by atoms with Crippen molar-refractivity contribution in [2.24, 2.45) is 0 Å². The minimum atomic E-state index is -1.07. The summed E-state index contributed by atoms with van der Waals surface area (Å²) in [6.45, 7) is 2.18. The molecule has 3 N–H and O–H groups in total. The lowest BCUT2D eigenvalue weighted by molar-refractivity contribution is 0.0691. The van der Waals surface area contributed by atoms with E-state index < -0.39 is 5.97 Å². The van der Waals surface area contributed by atoms with E-state index in [0.717, 1.165) is 5.56 Å². The first-order valence-corrected chi connectivity index (χ1v) is 7.21. The smallest absolute Gasteiger partial charge is 0.355 e. The van der Waals surface area contributed by atoms with Crippen LogP contribution in [0.2, 0.25) is 0 Å². The van der Waals surface area contributed by atoms with Crippen LogP contribution in [-0.2, 0) is 6.54 Å². The number of amides is 2. The molecule has 1 unspecified atom stereocenters. The Morgan fingerprint density at radius 2 is 2.05 bits per heavy atom. The number of benzene rings is 1. The van der Waals surface area contributed by atoms with Gasteiger partial charge in [-0.05, 0) is 12.5 Å². The molecule has 0 aliphatic carbocycles. The van der Waals surface area contributed by atoms with Crippen LogP contribution in [0.4, 0.5) is 4.79 Å². The summed E-state index contributed by atoms with van der Waals surface area (Å²) in [6.07, 6.45) is 0. The van der Waals surface area contributed by atoms with Gasteiger partial charge in [-0.25, -0.2) is 14.6 Å². The molecule has 2 rings (SSSR count). The second kappa shape index (κ2) is 6.85. The topological polar surface area (TPSA) is 91.3 Å². The molecule has 6 nitrogen and oxygen atoms in total. The number of carboxylic acids is 1. The zero-order chi connectivity index (χ0) is 15.2. The maximum Gasteiger partial charge on any atom is 0.355 e. The van der Waals surface area contributed by atoms with Crippen molar-refractivity contribution in [2.45, 2.75) is 19.5 Å². The summed E-state index contributed by atoms with van der Waals surface area (Å²) >= 11 is 1.21. The SMILES string of the molecule is CC(NC(=O)NCc1ccccc1)c1nc(C(=O)O)cs1. The van der Waals surface area contributed by atoms with Crippen molar-refractivity contribution in [1.29, 1.82) is 0 Å². The molecule has 0 spiro atoms. The number of aromatic carboxylic acids is 1. The fourth-order valence-corrected chi connectivity index (χ4v) is 2.47. The zero-order valence-electron chi connectivity index (χ0n) is 11.4. The highest BCUT2D eigenvalue weighted by Crippen LogP contribution is 2.17. The van der Waals surface area contributed by atoms with Crippen LogP contribution in [0.25, 0.3) is 0 Å². The van der Waals surface area contributed by atoms with Gasteiger partial charge in [-0.15, -0.1) is 11.3 Å². The molecule has 0 fully saturated rings. The zero-order valence-corrected chi connectivity index (χ0v) is 12.2. The second-order valence-corrected chi connectivity index (χ2v) is 5.30. The molecule has 7 heteroatoms. The van der Waals surface area contributed by atoms with Gasteiger partial charge in [0.1, 0.15) is 5.01 Å². The number of rotatable bonds is 5. The predicted molar refractivity (Wildman–Crippen MR) is 79.3 cm³/mol. The fourth-order valence-electron chi connectivity index (χ4n) is 1.67. The molecule has 2 amide bonds. The lowest BCUT2D eigenvalue weighted by Crippen LogP contribution is -2.36. The summed E-state index contributed by atoms with van der Waals surface area (Å²) in [5.41, 5.74) is 0.996. The van der Waals surface area contributed by atoms with Crippen LogP contribution in [0.3, 0.4) is 0 Å². The first-order valence-electron chi connectivity index (χ1n) is 6.33. The second-order valence-electron chi connectivity index (χ2n) is 4.41. The monoisotopic (exact) mass is 305 g/mol. The number of aromatic nitrogens is 1. The van der Waals surface area contributed by atoms with Gasteiger partial charge in [0.25, 0.3) is 0 Å². The lowest BCUT2D eigenvalue weighted by Gasteiger charge is -2.12. The molecule has 0 bridgehead atoms. The Morgan fingerprint density at radius 1 is 1.33 bits per heavy atom. The summed E-state index contributed by atoms with van der Waals surface area (Å²) in [4.78, 5) is 26.5. The Kier molecular flexibility index (Phi) is 4.89. The van der Waals surface area contributed by atoms with E-state index >= 15 is 0 Å². The van der Waals surface area contributed by atoms with Crippen molar-refractivity contribution in [3.63, 3.8) is 0 Å². The molecule has 1 heterocycles. The van der Waals surface area contributed by atoms with Crippen molar-refractivity contribution < 1.29 is 14.7 Å². The van der Waals surface area contributed by atoms with Crippen LogP contribution in [-0.4, -0.2) is 22.1 Å². The van der Waals surface area contributed by atoms with Gasteiger partial charge in [0, 0.05) is 11.9 Å². The number of thiazole rings is 1. The molecule has 0 saturated carbocycles. The van der Waals surface area contributed by atoms with Gasteiger partial charge in [0.05, 0.1) is 6.04 Å². The highest BCUT2D eigenvalue weighted by Gasteiger charge is 2.15. The average Bonchev–Trinajstić information content (AvgIpc) is 2.96. The summed E-state index contributed by atoms with van der Waals surface area (Å²) in [7, 11) is 0. The number of nitrogens with one attached hydrogen (secondary N) is 2. The van der Waals surface area contributed by atoms with Gasteiger partial charge in [-0.1, -0.05) is 30.3 Å². The third-order valence-electron chi connectivity index (χ3n) is 2.75. The Balaban J connectivity index is 1.85. The average molecular weight is 305 g/mol. The number of hydrogen-bond acceptors (Lipinski definition) is 4. The molecule has 110 valence electrons. The molecular weight excluding hydrogens is 290 g/mol. The number of urea groups is 1. The standard InChI is InChI=1S/C14H15N3O3S/c1-9(12-17-11(8-21-12)13(18)19)16-14(20)15-7-10-5-3-2-4-6-10/h2-6,8-9H,7H2,1H3,(H,18,19)(H2,15,16,20). The first kappa shape index (κ1) is 15.0. The Labute approximate surface area is 125 Å². The van der Waals surface area contributed by atoms with E-state index in [1.165, 1.54) is 16.7 Å². The van der Waals surface area contributed by atoms with Crippen LogP contribution in [0.15, 0.2) is 35.7 Å². The molecule has 0 radical (unpaired) electrons. The van der Waals surface area contributed by atoms with Crippen LogP contribution in [0.1, 0.15) is 34.0 Å². The van der Waals surface area contributed by atoms with E-state index in [0.29, 0.717) is 11.6 Å². The van der Waals surface area contributed by atoms with Gasteiger partial charge in [-0.2, -0.15) is 0 Å². The van der Waals surface area contributed by atoms with Crippen molar-refractivity contribution in [1.82, 2.24) is 15.6 Å². The summed E-state index contributed by atoms with van der Waals surface area (Å²) in [6, 6.07) is 8.89. The Morgan fingerprint density at radius 3 is 2.67 bits per heavy atom. The van der Waals surface area contributed by atoms with Crippen molar-refractivity contribution in [3.8, 4) is 0 Å². The van der Waals surface area contributed by atoms with Crippen molar-refractivity contribution in [2.75, 3.05) is 0 Å². The van der Waals surface area contributed by atoms with E-state index in [-0.39, 0.29) is 17.8 Å². The highest BCUT2D eigenvalue weighted by molar-refractivity contribution is 7.09. The minimum absolute atomic E-state index is 0.00616. The van der Waals surface area contributed by atoms with Gasteiger partial charge < -0.3 is 15.7 Å². The summed E-state index contributed by atoms with van der Waals surface area (Å²) in [5.74, 6) is -1.07. The van der Waals surface area contributed by atoms with Gasteiger partial charge in [0.2, 0.25) is 0 Å². The number of nitrogens with zero attached hydrogens (tertiary/aromatic N) is 1. The molecule has 1 aromatic heterocycles. The highest BCUT2D eigenvalue weighted by atomic mass is 32.1. The quantitative estimate of drug-likeness (QED) is 0.791. The molecule has 0 aliphatic heterocycles. The van der Waals surface area contributed by atoms with Crippen LogP contribution in [0.5, 0.6) is 0 Å². The van der Waals surface area contributed by atoms with E-state index in [1.807, 2.05) is 30.3 Å². The van der Waals surface area contributed by atoms with Gasteiger partial charge in [-0.3, -0.25) is 0 Å². The molecular formula is C14H15N3O3S. The van der Waals surface area contributed by atoms with E-state index in [9.17, 15) is 9.59 Å². The van der Waals surface area contributed by atoms with E-state index in [2.05, 4.69) is 15.6 Å². The minimum Gasteiger partial charge on any atom is -0.476 e. The van der Waals surface area contributed by atoms with Crippen LogP contribution >= 0.6 is 11.3 Å². The fraction of sp³-hybridized carbons (Fsp3) is 0.214. The third-order valence-corrected chi connectivity index (χ3v) is 3.78. The third kappa shape index (κ3) is 4.28. The molecule has 0 saturated heterocycles. The molecule has 21 heavy (non-hydrogen) atoms. The molecule has 1 atom stereocenters. The first-order chi connectivity index (χ1) is 10.1. The molecule has 1 aromatic carbocycles. The number of hydrogen-bond donors (Lipinski definition) is 3. The van der Waals surface area contributed by atoms with Crippen LogP contribution < -0.4 is 10.6 Å². The summed E-state index contributed by atoms with van der Waals surface area (Å²) in [5, 5.41) is 16.3. The number of carbonyl (C=O) groups excluding carboxylic acids is 1. The predicted octanol–water partition coefficient (Wildman–Crippen LogP) is 2.40.